The largest absolute Gasteiger partial charge is 0.476 e. The van der Waals surface area contributed by atoms with E-state index in [9.17, 15) is 0 Å². The van der Waals surface area contributed by atoms with E-state index in [0.717, 1.165) is 21.5 Å². The van der Waals surface area contributed by atoms with Crippen LogP contribution in [0.15, 0.2) is 21.2 Å². The van der Waals surface area contributed by atoms with Crippen LogP contribution in [0.25, 0.3) is 0 Å². The summed E-state index contributed by atoms with van der Waals surface area (Å²) in [5.74, 6) is 0.660. The maximum absolute atomic E-state index is 5.62. The van der Waals surface area contributed by atoms with Gasteiger partial charge in [0.15, 0.2) is 0 Å². The van der Waals surface area contributed by atoms with Gasteiger partial charge in [-0.15, -0.1) is 0 Å². The molecule has 0 N–H and O–H groups in total. The van der Waals surface area contributed by atoms with Gasteiger partial charge in [-0.2, -0.15) is 0 Å². The lowest BCUT2D eigenvalue weighted by atomic mass is 10.5. The van der Waals surface area contributed by atoms with Crippen molar-refractivity contribution in [3.8, 4) is 5.88 Å². The molecule has 0 aliphatic heterocycles. The molecular weight excluding hydrogens is 336 g/mol. The van der Waals surface area contributed by atoms with Gasteiger partial charge < -0.3 is 9.64 Å². The van der Waals surface area contributed by atoms with Crippen molar-refractivity contribution in [3.63, 3.8) is 0 Å². The van der Waals surface area contributed by atoms with Gasteiger partial charge in [0, 0.05) is 23.3 Å². The fourth-order valence-corrected chi connectivity index (χ4v) is 2.59. The summed E-state index contributed by atoms with van der Waals surface area (Å²) in [6.45, 7) is 1.63. The lowest BCUT2D eigenvalue weighted by Gasteiger charge is -2.15. The van der Waals surface area contributed by atoms with Crippen molar-refractivity contribution in [1.82, 2.24) is 9.88 Å². The summed E-state index contributed by atoms with van der Waals surface area (Å²) in [6.07, 6.45) is 4.40. The van der Waals surface area contributed by atoms with Crippen molar-refractivity contribution in [2.45, 2.75) is 18.9 Å². The minimum atomic E-state index is 0.660. The van der Waals surface area contributed by atoms with Gasteiger partial charge in [0.2, 0.25) is 5.88 Å². The van der Waals surface area contributed by atoms with E-state index in [0.29, 0.717) is 12.5 Å². The Morgan fingerprint density at radius 2 is 2.25 bits per heavy atom. The molecule has 1 aromatic heterocycles. The van der Waals surface area contributed by atoms with Crippen LogP contribution in [0.3, 0.4) is 0 Å². The molecule has 88 valence electrons. The first-order valence-corrected chi connectivity index (χ1v) is 6.89. The molecule has 0 unspecified atom stereocenters. The molecule has 0 radical (unpaired) electrons. The highest BCUT2D eigenvalue weighted by Crippen LogP contribution is 2.26. The third-order valence-corrected chi connectivity index (χ3v) is 3.63. The second kappa shape index (κ2) is 5.47. The number of rotatable bonds is 5. The van der Waals surface area contributed by atoms with Gasteiger partial charge in [0.1, 0.15) is 6.61 Å². The summed E-state index contributed by atoms with van der Waals surface area (Å²) in [4.78, 5) is 6.54. The van der Waals surface area contributed by atoms with Crippen LogP contribution in [-0.2, 0) is 0 Å². The van der Waals surface area contributed by atoms with Gasteiger partial charge in [-0.3, -0.25) is 0 Å². The van der Waals surface area contributed by atoms with Crippen molar-refractivity contribution in [2.24, 2.45) is 0 Å². The third kappa shape index (κ3) is 3.43. The van der Waals surface area contributed by atoms with Gasteiger partial charge in [-0.1, -0.05) is 0 Å². The van der Waals surface area contributed by atoms with E-state index in [1.54, 1.807) is 6.20 Å². The van der Waals surface area contributed by atoms with E-state index < -0.39 is 0 Å². The van der Waals surface area contributed by atoms with Gasteiger partial charge >= 0.3 is 0 Å². The molecule has 16 heavy (non-hydrogen) atoms. The summed E-state index contributed by atoms with van der Waals surface area (Å²) in [5, 5.41) is 0. The molecule has 0 saturated heterocycles. The average Bonchev–Trinajstić information content (AvgIpc) is 3.04. The molecule has 1 fully saturated rings. The van der Waals surface area contributed by atoms with Crippen molar-refractivity contribution >= 4 is 31.9 Å². The summed E-state index contributed by atoms with van der Waals surface area (Å²) in [5.41, 5.74) is 0. The lowest BCUT2D eigenvalue weighted by Crippen LogP contribution is -2.26. The van der Waals surface area contributed by atoms with Crippen molar-refractivity contribution < 1.29 is 4.74 Å². The van der Waals surface area contributed by atoms with Crippen molar-refractivity contribution in [1.29, 1.82) is 0 Å². The number of likely N-dealkylation sites (N-methyl/N-ethyl adjacent to an activating group) is 1. The Bertz CT molecular complexity index is 369. The van der Waals surface area contributed by atoms with Crippen molar-refractivity contribution in [3.05, 3.63) is 21.2 Å². The Labute approximate surface area is 112 Å². The molecule has 2 rings (SSSR count). The quantitative estimate of drug-likeness (QED) is 0.816. The summed E-state index contributed by atoms with van der Waals surface area (Å²) < 4.78 is 7.45. The number of halogens is 2. The molecule has 1 aromatic rings. The minimum Gasteiger partial charge on any atom is -0.476 e. The molecule has 1 saturated carbocycles. The van der Waals surface area contributed by atoms with Crippen LogP contribution in [0.5, 0.6) is 5.88 Å². The summed E-state index contributed by atoms with van der Waals surface area (Å²) in [6, 6.07) is 2.72. The average molecular weight is 350 g/mol. The topological polar surface area (TPSA) is 25.4 Å². The zero-order chi connectivity index (χ0) is 11.5. The molecule has 1 heterocycles. The predicted octanol–water partition coefficient (Wildman–Crippen LogP) is 3.08. The molecule has 0 spiro atoms. The zero-order valence-electron chi connectivity index (χ0n) is 9.12. The first kappa shape index (κ1) is 12.3. The molecule has 1 aliphatic carbocycles. The molecule has 0 aromatic carbocycles. The fourth-order valence-electron chi connectivity index (χ4n) is 1.49. The van der Waals surface area contributed by atoms with E-state index >= 15 is 0 Å². The second-order valence-corrected chi connectivity index (χ2v) is 5.77. The molecule has 1 aliphatic rings. The molecule has 5 heteroatoms. The lowest BCUT2D eigenvalue weighted by molar-refractivity contribution is 0.225. The second-order valence-electron chi connectivity index (χ2n) is 4.00. The molecule has 0 atom stereocenters. The fraction of sp³-hybridized carbons (Fsp3) is 0.545. The standard InChI is InChI=1S/C11H14Br2N2O/c1-15(9-2-3-9)4-5-16-11-10(13)6-8(12)7-14-11/h6-7,9H,2-5H2,1H3. The smallest absolute Gasteiger partial charge is 0.228 e. The van der Waals surface area contributed by atoms with Gasteiger partial charge in [-0.25, -0.2) is 4.98 Å². The van der Waals surface area contributed by atoms with Gasteiger partial charge in [0.25, 0.3) is 0 Å². The highest BCUT2D eigenvalue weighted by molar-refractivity contribution is 9.11. The number of hydrogen-bond donors (Lipinski definition) is 0. The zero-order valence-corrected chi connectivity index (χ0v) is 12.3. The van der Waals surface area contributed by atoms with E-state index in [2.05, 4.69) is 48.8 Å². The number of nitrogens with zero attached hydrogens (tertiary/aromatic N) is 2. The van der Waals surface area contributed by atoms with Crippen molar-refractivity contribution in [2.75, 3.05) is 20.2 Å². The molecule has 0 amide bonds. The third-order valence-electron chi connectivity index (χ3n) is 2.63. The number of hydrogen-bond acceptors (Lipinski definition) is 3. The SMILES string of the molecule is CN(CCOc1ncc(Br)cc1Br)C1CC1. The van der Waals surface area contributed by atoms with Crippen LogP contribution < -0.4 is 4.74 Å². The summed E-state index contributed by atoms with van der Waals surface area (Å²) in [7, 11) is 2.14. The Morgan fingerprint density at radius 1 is 1.50 bits per heavy atom. The number of aromatic nitrogens is 1. The molecular formula is C11H14Br2N2O. The maximum atomic E-state index is 5.62. The predicted molar refractivity (Wildman–Crippen MR) is 70.8 cm³/mol. The Hall–Kier alpha value is -0.130. The Kier molecular flexibility index (Phi) is 4.21. The molecule has 0 bridgehead atoms. The normalized spacial score (nSPS) is 15.5. The Morgan fingerprint density at radius 3 is 2.88 bits per heavy atom. The van der Waals surface area contributed by atoms with E-state index in [4.69, 9.17) is 4.74 Å². The first-order valence-electron chi connectivity index (χ1n) is 5.31. The van der Waals surface area contributed by atoms with E-state index in [1.807, 2.05) is 6.07 Å². The van der Waals surface area contributed by atoms with Crippen LogP contribution in [0.1, 0.15) is 12.8 Å². The summed E-state index contributed by atoms with van der Waals surface area (Å²) >= 11 is 6.78. The monoisotopic (exact) mass is 348 g/mol. The van der Waals surface area contributed by atoms with Gasteiger partial charge in [0.05, 0.1) is 4.47 Å². The van der Waals surface area contributed by atoms with E-state index in [1.165, 1.54) is 12.8 Å². The first-order chi connectivity index (χ1) is 7.66. The van der Waals surface area contributed by atoms with Crippen LogP contribution in [0.4, 0.5) is 0 Å². The maximum Gasteiger partial charge on any atom is 0.228 e. The van der Waals surface area contributed by atoms with Crippen LogP contribution >= 0.6 is 31.9 Å². The van der Waals surface area contributed by atoms with E-state index in [-0.39, 0.29) is 0 Å². The number of pyridine rings is 1. The Balaban J connectivity index is 1.80. The molecule has 3 nitrogen and oxygen atoms in total. The highest BCUT2D eigenvalue weighted by Gasteiger charge is 2.25. The van der Waals surface area contributed by atoms with Crippen LogP contribution in [0.2, 0.25) is 0 Å². The van der Waals surface area contributed by atoms with Gasteiger partial charge in [-0.05, 0) is 57.8 Å². The number of ether oxygens (including phenoxy) is 1. The minimum absolute atomic E-state index is 0.660. The highest BCUT2D eigenvalue weighted by atomic mass is 79.9. The van der Waals surface area contributed by atoms with Crippen LogP contribution in [0, 0.1) is 0 Å². The van der Waals surface area contributed by atoms with Crippen LogP contribution in [-0.4, -0.2) is 36.1 Å².